The van der Waals surface area contributed by atoms with E-state index in [1.807, 2.05) is 25.1 Å². The second-order valence-corrected chi connectivity index (χ2v) is 7.67. The lowest BCUT2D eigenvalue weighted by Gasteiger charge is -2.26. The van der Waals surface area contributed by atoms with Crippen LogP contribution in [-0.2, 0) is 6.42 Å². The first-order valence-corrected chi connectivity index (χ1v) is 10.1. The van der Waals surface area contributed by atoms with Crippen molar-refractivity contribution in [3.05, 3.63) is 53.6 Å². The maximum Gasteiger partial charge on any atom is 0.198 e. The van der Waals surface area contributed by atoms with E-state index in [0.717, 1.165) is 35.3 Å². The third kappa shape index (κ3) is 4.04. The van der Waals surface area contributed by atoms with Crippen LogP contribution in [0.25, 0.3) is 10.9 Å². The highest BCUT2D eigenvalue weighted by atomic mass is 16.3. The SMILES string of the molecule is CC(=Nc1ccc(CCN2CCCCC2)cc1)c1c(O)[nH]c2ccc(N)cc12. The Morgan fingerprint density at radius 2 is 1.86 bits per heavy atom. The summed E-state index contributed by atoms with van der Waals surface area (Å²) >= 11 is 0. The number of H-pyrrole nitrogens is 1. The second-order valence-electron chi connectivity index (χ2n) is 7.67. The molecule has 0 unspecified atom stereocenters. The number of fused-ring (bicyclic) bond motifs is 1. The summed E-state index contributed by atoms with van der Waals surface area (Å²) in [6, 6.07) is 14.0. The van der Waals surface area contributed by atoms with Gasteiger partial charge in [-0.15, -0.1) is 0 Å². The zero-order chi connectivity index (χ0) is 19.5. The van der Waals surface area contributed by atoms with Gasteiger partial charge in [-0.1, -0.05) is 18.6 Å². The molecule has 0 amide bonds. The van der Waals surface area contributed by atoms with E-state index < -0.39 is 0 Å². The van der Waals surface area contributed by atoms with E-state index in [-0.39, 0.29) is 5.88 Å². The Morgan fingerprint density at radius 3 is 2.61 bits per heavy atom. The summed E-state index contributed by atoms with van der Waals surface area (Å²) in [5.74, 6) is 0.125. The molecule has 1 aliphatic rings. The van der Waals surface area contributed by atoms with Gasteiger partial charge in [0.1, 0.15) is 0 Å². The van der Waals surface area contributed by atoms with Crippen LogP contribution in [0.15, 0.2) is 47.5 Å². The van der Waals surface area contributed by atoms with Gasteiger partial charge in [0.05, 0.1) is 17.0 Å². The summed E-state index contributed by atoms with van der Waals surface area (Å²) in [6.07, 6.45) is 5.12. The van der Waals surface area contributed by atoms with Crippen LogP contribution in [0, 0.1) is 0 Å². The van der Waals surface area contributed by atoms with Crippen molar-refractivity contribution >= 4 is 28.0 Å². The molecule has 4 rings (SSSR count). The predicted octanol–water partition coefficient (Wildman–Crippen LogP) is 4.62. The van der Waals surface area contributed by atoms with Crippen molar-refractivity contribution < 1.29 is 5.11 Å². The van der Waals surface area contributed by atoms with Crippen molar-refractivity contribution in [2.75, 3.05) is 25.4 Å². The molecule has 4 N–H and O–H groups in total. The average Bonchev–Trinajstić information content (AvgIpc) is 3.03. The summed E-state index contributed by atoms with van der Waals surface area (Å²) in [6.45, 7) is 5.52. The molecule has 28 heavy (non-hydrogen) atoms. The number of nitrogens with one attached hydrogen (secondary N) is 1. The van der Waals surface area contributed by atoms with E-state index >= 15 is 0 Å². The number of anilines is 1. The molecule has 0 radical (unpaired) electrons. The standard InChI is InChI=1S/C23H28N4O/c1-16(22-20-15-18(24)7-10-21(20)26-23(22)28)25-19-8-5-17(6-9-19)11-14-27-12-3-2-4-13-27/h5-10,15,26,28H,2-4,11-14,24H2,1H3. The Bertz CT molecular complexity index is 982. The predicted molar refractivity (Wildman–Crippen MR) is 117 cm³/mol. The lowest BCUT2D eigenvalue weighted by molar-refractivity contribution is 0.231. The van der Waals surface area contributed by atoms with Crippen LogP contribution < -0.4 is 5.73 Å². The lowest BCUT2D eigenvalue weighted by Crippen LogP contribution is -2.31. The summed E-state index contributed by atoms with van der Waals surface area (Å²) in [5.41, 5.74) is 11.1. The average molecular weight is 377 g/mol. The molecular weight excluding hydrogens is 348 g/mol. The fourth-order valence-electron chi connectivity index (χ4n) is 4.02. The Hall–Kier alpha value is -2.79. The number of rotatable bonds is 5. The van der Waals surface area contributed by atoms with E-state index in [4.69, 9.17) is 10.7 Å². The highest BCUT2D eigenvalue weighted by molar-refractivity contribution is 6.13. The lowest BCUT2D eigenvalue weighted by atomic mass is 10.1. The van der Waals surface area contributed by atoms with E-state index in [9.17, 15) is 5.11 Å². The molecule has 1 saturated heterocycles. The minimum absolute atomic E-state index is 0.125. The zero-order valence-electron chi connectivity index (χ0n) is 16.4. The number of benzene rings is 2. The van der Waals surface area contributed by atoms with Crippen LogP contribution >= 0.6 is 0 Å². The number of hydrogen-bond acceptors (Lipinski definition) is 4. The van der Waals surface area contributed by atoms with Crippen LogP contribution in [0.4, 0.5) is 11.4 Å². The maximum absolute atomic E-state index is 10.3. The fraction of sp³-hybridized carbons (Fsp3) is 0.348. The first-order chi connectivity index (χ1) is 13.6. The van der Waals surface area contributed by atoms with Gasteiger partial charge in [0.15, 0.2) is 5.88 Å². The molecule has 2 heterocycles. The second kappa shape index (κ2) is 8.07. The van der Waals surface area contributed by atoms with E-state index in [1.165, 1.54) is 37.9 Å². The minimum atomic E-state index is 0.125. The molecule has 0 saturated carbocycles. The highest BCUT2D eigenvalue weighted by Crippen LogP contribution is 2.30. The van der Waals surface area contributed by atoms with Gasteiger partial charge in [-0.2, -0.15) is 0 Å². The third-order valence-electron chi connectivity index (χ3n) is 5.56. The van der Waals surface area contributed by atoms with E-state index in [1.54, 1.807) is 0 Å². The molecule has 1 aromatic heterocycles. The van der Waals surface area contributed by atoms with Gasteiger partial charge >= 0.3 is 0 Å². The number of aliphatic imine (C=N–C) groups is 1. The van der Waals surface area contributed by atoms with Crippen molar-refractivity contribution in [1.29, 1.82) is 0 Å². The first-order valence-electron chi connectivity index (χ1n) is 10.1. The van der Waals surface area contributed by atoms with Gasteiger partial charge in [0.2, 0.25) is 0 Å². The number of hydrogen-bond donors (Lipinski definition) is 3. The number of nitrogens with two attached hydrogens (primary N) is 1. The normalized spacial score (nSPS) is 16.0. The Kier molecular flexibility index (Phi) is 5.35. The monoisotopic (exact) mass is 376 g/mol. The third-order valence-corrected chi connectivity index (χ3v) is 5.56. The summed E-state index contributed by atoms with van der Waals surface area (Å²) in [5, 5.41) is 11.2. The summed E-state index contributed by atoms with van der Waals surface area (Å²) in [4.78, 5) is 10.3. The van der Waals surface area contributed by atoms with E-state index in [0.29, 0.717) is 11.3 Å². The number of aromatic nitrogens is 1. The largest absolute Gasteiger partial charge is 0.494 e. The molecule has 3 aromatic rings. The Balaban J connectivity index is 1.49. The Morgan fingerprint density at radius 1 is 1.11 bits per heavy atom. The van der Waals surface area contributed by atoms with Gasteiger partial charge in [-0.25, -0.2) is 0 Å². The van der Waals surface area contributed by atoms with Gasteiger partial charge in [0.25, 0.3) is 0 Å². The van der Waals surface area contributed by atoms with Crippen LogP contribution in [0.1, 0.15) is 37.3 Å². The van der Waals surface area contributed by atoms with Gasteiger partial charge < -0.3 is 20.7 Å². The number of aromatic amines is 1. The van der Waals surface area contributed by atoms with Gasteiger partial charge in [0, 0.05) is 23.1 Å². The topological polar surface area (TPSA) is 77.6 Å². The van der Waals surface area contributed by atoms with Crippen LogP contribution in [-0.4, -0.2) is 40.3 Å². The van der Waals surface area contributed by atoms with Crippen molar-refractivity contribution in [2.45, 2.75) is 32.6 Å². The van der Waals surface area contributed by atoms with Crippen LogP contribution in [0.2, 0.25) is 0 Å². The number of likely N-dealkylation sites (tertiary alicyclic amines) is 1. The number of nitrogen functional groups attached to an aromatic ring is 1. The van der Waals surface area contributed by atoms with Crippen LogP contribution in [0.5, 0.6) is 5.88 Å². The smallest absolute Gasteiger partial charge is 0.198 e. The quantitative estimate of drug-likeness (QED) is 0.449. The Labute approximate surface area is 165 Å². The molecule has 0 spiro atoms. The summed E-state index contributed by atoms with van der Waals surface area (Å²) in [7, 11) is 0. The van der Waals surface area contributed by atoms with Gasteiger partial charge in [-0.05, 0) is 75.2 Å². The molecule has 0 bridgehead atoms. The molecule has 1 aliphatic heterocycles. The maximum atomic E-state index is 10.3. The van der Waals surface area contributed by atoms with Crippen molar-refractivity contribution in [2.24, 2.45) is 4.99 Å². The molecule has 0 aliphatic carbocycles. The molecule has 5 nitrogen and oxygen atoms in total. The summed E-state index contributed by atoms with van der Waals surface area (Å²) < 4.78 is 0. The molecule has 146 valence electrons. The highest BCUT2D eigenvalue weighted by Gasteiger charge is 2.14. The van der Waals surface area contributed by atoms with Crippen molar-refractivity contribution in [3.63, 3.8) is 0 Å². The fourth-order valence-corrected chi connectivity index (χ4v) is 4.02. The minimum Gasteiger partial charge on any atom is -0.494 e. The zero-order valence-corrected chi connectivity index (χ0v) is 16.4. The molecule has 1 fully saturated rings. The number of aromatic hydroxyl groups is 1. The van der Waals surface area contributed by atoms with Gasteiger partial charge in [-0.3, -0.25) is 4.99 Å². The number of nitrogens with zero attached hydrogens (tertiary/aromatic N) is 2. The number of piperidine rings is 1. The molecule has 5 heteroatoms. The van der Waals surface area contributed by atoms with Crippen LogP contribution in [0.3, 0.4) is 0 Å². The first kappa shape index (κ1) is 18.6. The van der Waals surface area contributed by atoms with Crippen molar-refractivity contribution in [3.8, 4) is 5.88 Å². The van der Waals surface area contributed by atoms with E-state index in [2.05, 4.69) is 34.1 Å². The molecule has 0 atom stereocenters. The molecular formula is C23H28N4O. The van der Waals surface area contributed by atoms with Crippen molar-refractivity contribution in [1.82, 2.24) is 9.88 Å². The molecule has 2 aromatic carbocycles.